The minimum absolute atomic E-state index is 0.0218. The quantitative estimate of drug-likeness (QED) is 0.606. The number of fused-ring (bicyclic) bond motifs is 1. The lowest BCUT2D eigenvalue weighted by Crippen LogP contribution is -2.48. The fourth-order valence-electron chi connectivity index (χ4n) is 4.38. The number of thiophene rings is 1. The Morgan fingerprint density at radius 2 is 2.03 bits per heavy atom. The van der Waals surface area contributed by atoms with Gasteiger partial charge in [0.2, 0.25) is 11.8 Å². The molecule has 2 heterocycles. The van der Waals surface area contributed by atoms with Crippen LogP contribution in [0.3, 0.4) is 0 Å². The van der Waals surface area contributed by atoms with E-state index in [9.17, 15) is 9.59 Å². The molecular weight excluding hydrogens is 408 g/mol. The lowest BCUT2D eigenvalue weighted by molar-refractivity contribution is -0.143. The first-order valence-corrected chi connectivity index (χ1v) is 12.2. The first-order valence-electron chi connectivity index (χ1n) is 11.3. The minimum Gasteiger partial charge on any atom is -0.491 e. The predicted octanol–water partition coefficient (Wildman–Crippen LogP) is 4.52. The molecule has 166 valence electrons. The van der Waals surface area contributed by atoms with Crippen LogP contribution >= 0.6 is 11.3 Å². The summed E-state index contributed by atoms with van der Waals surface area (Å²) in [6.45, 7) is 8.07. The van der Waals surface area contributed by atoms with Crippen LogP contribution in [0.25, 0.3) is 0 Å². The van der Waals surface area contributed by atoms with Crippen LogP contribution in [0, 0.1) is 19.8 Å². The molecule has 31 heavy (non-hydrogen) atoms. The third-order valence-electron chi connectivity index (χ3n) is 6.20. The maximum absolute atomic E-state index is 13.4. The maximum atomic E-state index is 13.4. The van der Waals surface area contributed by atoms with E-state index in [2.05, 4.69) is 31.4 Å². The average Bonchev–Trinajstić information content (AvgIpc) is 3.48. The number of ether oxygens (including phenoxy) is 1. The summed E-state index contributed by atoms with van der Waals surface area (Å²) < 4.78 is 6.22. The lowest BCUT2D eigenvalue weighted by Gasteiger charge is -2.37. The highest BCUT2D eigenvalue weighted by Gasteiger charge is 2.37. The Balaban J connectivity index is 1.50. The summed E-state index contributed by atoms with van der Waals surface area (Å²) in [6.07, 6.45) is 3.64. The van der Waals surface area contributed by atoms with E-state index in [0.717, 1.165) is 37.0 Å². The molecule has 0 N–H and O–H groups in total. The Morgan fingerprint density at radius 3 is 2.74 bits per heavy atom. The molecular formula is C25H32N2O3S. The number of amides is 2. The van der Waals surface area contributed by atoms with Crippen molar-refractivity contribution < 1.29 is 14.3 Å². The van der Waals surface area contributed by atoms with Gasteiger partial charge in [0.15, 0.2) is 0 Å². The fourth-order valence-corrected chi connectivity index (χ4v) is 5.31. The molecule has 1 aliphatic carbocycles. The predicted molar refractivity (Wildman–Crippen MR) is 123 cm³/mol. The molecule has 6 heteroatoms. The molecule has 0 radical (unpaired) electrons. The Bertz CT molecular complexity index is 950. The van der Waals surface area contributed by atoms with E-state index in [1.165, 1.54) is 16.0 Å². The van der Waals surface area contributed by atoms with Crippen LogP contribution < -0.4 is 4.74 Å². The molecule has 0 saturated heterocycles. The van der Waals surface area contributed by atoms with Gasteiger partial charge < -0.3 is 14.5 Å². The zero-order valence-corrected chi connectivity index (χ0v) is 19.5. The Morgan fingerprint density at radius 1 is 1.23 bits per heavy atom. The number of hydrogen-bond donors (Lipinski definition) is 0. The van der Waals surface area contributed by atoms with Crippen molar-refractivity contribution in [2.45, 2.75) is 52.5 Å². The van der Waals surface area contributed by atoms with E-state index in [0.29, 0.717) is 19.7 Å². The van der Waals surface area contributed by atoms with Crippen LogP contribution in [0.15, 0.2) is 29.6 Å². The van der Waals surface area contributed by atoms with Crippen LogP contribution in [0.4, 0.5) is 0 Å². The first-order chi connectivity index (χ1) is 15.0. The van der Waals surface area contributed by atoms with Crippen molar-refractivity contribution in [3.05, 3.63) is 51.2 Å². The Labute approximate surface area is 189 Å². The van der Waals surface area contributed by atoms with Crippen molar-refractivity contribution in [1.82, 2.24) is 9.80 Å². The second-order valence-electron chi connectivity index (χ2n) is 8.77. The smallest absolute Gasteiger partial charge is 0.242 e. The van der Waals surface area contributed by atoms with Crippen molar-refractivity contribution in [3.8, 4) is 5.75 Å². The molecule has 1 aromatic heterocycles. The summed E-state index contributed by atoms with van der Waals surface area (Å²) in [6, 6.07) is 8.16. The number of nitrogens with zero attached hydrogens (tertiary/aromatic N) is 2. The van der Waals surface area contributed by atoms with Gasteiger partial charge >= 0.3 is 0 Å². The molecule has 5 nitrogen and oxygen atoms in total. The Kier molecular flexibility index (Phi) is 6.65. The van der Waals surface area contributed by atoms with Gasteiger partial charge in [0.1, 0.15) is 12.4 Å². The number of carbonyl (C=O) groups is 2. The van der Waals surface area contributed by atoms with Gasteiger partial charge in [-0.1, -0.05) is 24.6 Å². The van der Waals surface area contributed by atoms with E-state index in [4.69, 9.17) is 4.74 Å². The molecule has 0 unspecified atom stereocenters. The van der Waals surface area contributed by atoms with Crippen LogP contribution in [0.2, 0.25) is 0 Å². The highest BCUT2D eigenvalue weighted by molar-refractivity contribution is 7.10. The summed E-state index contributed by atoms with van der Waals surface area (Å²) in [5, 5.41) is 2.10. The van der Waals surface area contributed by atoms with Crippen LogP contribution in [-0.4, -0.2) is 47.9 Å². The molecule has 2 amide bonds. The van der Waals surface area contributed by atoms with Gasteiger partial charge in [-0.3, -0.25) is 9.59 Å². The summed E-state index contributed by atoms with van der Waals surface area (Å²) in [5.41, 5.74) is 3.49. The van der Waals surface area contributed by atoms with E-state index in [1.54, 1.807) is 16.2 Å². The molecule has 2 aromatic rings. The lowest BCUT2D eigenvalue weighted by atomic mass is 10.00. The van der Waals surface area contributed by atoms with Gasteiger partial charge in [0.05, 0.1) is 12.6 Å². The third kappa shape index (κ3) is 4.95. The SMILES string of the molecule is CCCN(CC(=O)N1CCc2sccc2[C@H]1COc1ccc(C)cc1C)C(=O)C1CC1. The molecule has 0 spiro atoms. The number of aryl methyl sites for hydroxylation is 2. The van der Waals surface area contributed by atoms with Crippen LogP contribution in [0.5, 0.6) is 5.75 Å². The fraction of sp³-hybridized carbons (Fsp3) is 0.520. The standard InChI is InChI=1S/C25H32N2O3S/c1-4-11-26(25(29)19-6-7-19)15-24(28)27-12-9-23-20(10-13-31-23)21(27)16-30-22-8-5-17(2)14-18(22)3/h5,8,10,13-14,19,21H,4,6-7,9,11-12,15-16H2,1-3H3/t21-/m1/s1. The van der Waals surface area contributed by atoms with Crippen molar-refractivity contribution in [2.24, 2.45) is 5.92 Å². The van der Waals surface area contributed by atoms with Crippen molar-refractivity contribution in [3.63, 3.8) is 0 Å². The highest BCUT2D eigenvalue weighted by atomic mass is 32.1. The average molecular weight is 441 g/mol. The van der Waals surface area contributed by atoms with Crippen molar-refractivity contribution in [1.29, 1.82) is 0 Å². The molecule has 1 aliphatic heterocycles. The van der Waals surface area contributed by atoms with E-state index < -0.39 is 0 Å². The van der Waals surface area contributed by atoms with Gasteiger partial charge in [-0.25, -0.2) is 0 Å². The monoisotopic (exact) mass is 440 g/mol. The normalized spacial score (nSPS) is 17.9. The van der Waals surface area contributed by atoms with E-state index in [1.807, 2.05) is 24.0 Å². The molecule has 1 atom stereocenters. The van der Waals surface area contributed by atoms with E-state index >= 15 is 0 Å². The summed E-state index contributed by atoms with van der Waals surface area (Å²) >= 11 is 1.75. The van der Waals surface area contributed by atoms with E-state index in [-0.39, 0.29) is 30.3 Å². The van der Waals surface area contributed by atoms with Crippen LogP contribution in [-0.2, 0) is 16.0 Å². The molecule has 1 fully saturated rings. The topological polar surface area (TPSA) is 49.9 Å². The Hall–Kier alpha value is -2.34. The molecule has 1 aromatic carbocycles. The molecule has 0 bridgehead atoms. The largest absolute Gasteiger partial charge is 0.491 e. The van der Waals surface area contributed by atoms with Gasteiger partial charge in [-0.2, -0.15) is 0 Å². The molecule has 4 rings (SSSR count). The minimum atomic E-state index is -0.122. The zero-order chi connectivity index (χ0) is 22.0. The molecule has 1 saturated carbocycles. The first kappa shape index (κ1) is 21.9. The highest BCUT2D eigenvalue weighted by Crippen LogP contribution is 2.35. The number of rotatable bonds is 8. The second kappa shape index (κ2) is 9.43. The van der Waals surface area contributed by atoms with Crippen LogP contribution in [0.1, 0.15) is 53.8 Å². The summed E-state index contributed by atoms with van der Waals surface area (Å²) in [7, 11) is 0. The molecule has 2 aliphatic rings. The summed E-state index contributed by atoms with van der Waals surface area (Å²) in [5.74, 6) is 1.16. The number of hydrogen-bond acceptors (Lipinski definition) is 4. The maximum Gasteiger partial charge on any atom is 0.242 e. The second-order valence-corrected chi connectivity index (χ2v) is 9.77. The van der Waals surface area contributed by atoms with Gasteiger partial charge in [0, 0.05) is 23.9 Å². The van der Waals surface area contributed by atoms with Gasteiger partial charge in [-0.05, 0) is 68.2 Å². The van der Waals surface area contributed by atoms with Crippen molar-refractivity contribution in [2.75, 3.05) is 26.2 Å². The number of benzene rings is 1. The third-order valence-corrected chi connectivity index (χ3v) is 7.20. The summed E-state index contributed by atoms with van der Waals surface area (Å²) in [4.78, 5) is 31.1. The van der Waals surface area contributed by atoms with Gasteiger partial charge in [0.25, 0.3) is 0 Å². The zero-order valence-electron chi connectivity index (χ0n) is 18.7. The van der Waals surface area contributed by atoms with Crippen molar-refractivity contribution >= 4 is 23.2 Å². The number of carbonyl (C=O) groups excluding carboxylic acids is 2. The van der Waals surface area contributed by atoms with Gasteiger partial charge in [-0.15, -0.1) is 11.3 Å².